The first-order valence-electron chi connectivity index (χ1n) is 6.73. The molecule has 6 heteroatoms. The van der Waals surface area contributed by atoms with Gasteiger partial charge in [0.05, 0.1) is 4.47 Å². The molecule has 0 amide bonds. The van der Waals surface area contributed by atoms with Gasteiger partial charge in [0.1, 0.15) is 5.82 Å². The molecule has 0 radical (unpaired) electrons. The van der Waals surface area contributed by atoms with E-state index in [1.807, 2.05) is 12.1 Å². The fourth-order valence-electron chi connectivity index (χ4n) is 2.58. The number of hydrogen-bond donors (Lipinski definition) is 1. The summed E-state index contributed by atoms with van der Waals surface area (Å²) in [5, 5.41) is 3.36. The molecule has 1 aromatic rings. The normalized spacial score (nSPS) is 16.5. The van der Waals surface area contributed by atoms with Crippen LogP contribution >= 0.6 is 40.7 Å². The number of halogens is 4. The van der Waals surface area contributed by atoms with Gasteiger partial charge in [0.2, 0.25) is 0 Å². The quantitative estimate of drug-likeness (QED) is 0.740. The Balaban J connectivity index is 0.00000200. The van der Waals surface area contributed by atoms with Crippen molar-refractivity contribution in [1.29, 1.82) is 0 Å². The summed E-state index contributed by atoms with van der Waals surface area (Å²) in [6.45, 7) is 7.80. The highest BCUT2D eigenvalue weighted by Gasteiger charge is 2.24. The first-order valence-corrected chi connectivity index (χ1v) is 7.53. The third-order valence-electron chi connectivity index (χ3n) is 3.58. The maximum atomic E-state index is 13.7. The molecular formula is C15H22BrCl2FN2. The van der Waals surface area contributed by atoms with Crippen molar-refractivity contribution >= 4 is 40.7 Å². The predicted octanol–water partition coefficient (Wildman–Crippen LogP) is 4.34. The Morgan fingerprint density at radius 1 is 1.33 bits per heavy atom. The zero-order chi connectivity index (χ0) is 13.7. The van der Waals surface area contributed by atoms with Gasteiger partial charge in [-0.2, -0.15) is 0 Å². The number of hydrogen-bond acceptors (Lipinski definition) is 2. The molecule has 1 aromatic carbocycles. The van der Waals surface area contributed by atoms with Crippen LogP contribution in [0.15, 0.2) is 35.3 Å². The maximum Gasteiger partial charge on any atom is 0.137 e. The Hall–Kier alpha value is -0.130. The van der Waals surface area contributed by atoms with E-state index < -0.39 is 0 Å². The summed E-state index contributed by atoms with van der Waals surface area (Å²) in [5.74, 6) is -0.184. The second kappa shape index (κ2) is 10.6. The fraction of sp³-hybridized carbons (Fsp3) is 0.467. The number of nitrogens with zero attached hydrogens (tertiary/aromatic N) is 1. The van der Waals surface area contributed by atoms with Crippen molar-refractivity contribution in [2.75, 3.05) is 26.2 Å². The summed E-state index contributed by atoms with van der Waals surface area (Å²) in [7, 11) is 0. The molecule has 21 heavy (non-hydrogen) atoms. The SMILES string of the molecule is C=CCC[C@@H](c1cccc(F)c1Br)N1CCNCC1.Cl.Cl. The van der Waals surface area contributed by atoms with E-state index in [1.54, 1.807) is 6.07 Å². The lowest BCUT2D eigenvalue weighted by Gasteiger charge is -2.35. The van der Waals surface area contributed by atoms with E-state index in [0.29, 0.717) is 4.47 Å². The van der Waals surface area contributed by atoms with Crippen LogP contribution in [0.4, 0.5) is 4.39 Å². The molecule has 0 saturated carbocycles. The molecule has 1 aliphatic rings. The van der Waals surface area contributed by atoms with E-state index in [1.165, 1.54) is 6.07 Å². The fourth-order valence-corrected chi connectivity index (χ4v) is 3.11. The largest absolute Gasteiger partial charge is 0.314 e. The van der Waals surface area contributed by atoms with Crippen molar-refractivity contribution < 1.29 is 4.39 Å². The minimum absolute atomic E-state index is 0. The Morgan fingerprint density at radius 2 is 2.00 bits per heavy atom. The Labute approximate surface area is 147 Å². The third kappa shape index (κ3) is 5.53. The summed E-state index contributed by atoms with van der Waals surface area (Å²) in [6, 6.07) is 5.56. The van der Waals surface area contributed by atoms with E-state index in [0.717, 1.165) is 44.6 Å². The molecule has 0 aliphatic carbocycles. The summed E-state index contributed by atoms with van der Waals surface area (Å²) in [4.78, 5) is 2.43. The Morgan fingerprint density at radius 3 is 2.62 bits per heavy atom. The lowest BCUT2D eigenvalue weighted by atomic mass is 9.99. The van der Waals surface area contributed by atoms with Crippen LogP contribution in [0.25, 0.3) is 0 Å². The van der Waals surface area contributed by atoms with Crippen LogP contribution in [0.1, 0.15) is 24.4 Å². The molecular weight excluding hydrogens is 378 g/mol. The second-order valence-corrected chi connectivity index (χ2v) is 5.60. The standard InChI is InChI=1S/C15H20BrFN2.2ClH/c1-2-3-7-14(19-10-8-18-9-11-19)12-5-4-6-13(17)15(12)16;;/h2,4-6,14,18H,1,3,7-11H2;2*1H/t14-;;/m0../s1. The van der Waals surface area contributed by atoms with Gasteiger partial charge in [-0.15, -0.1) is 31.4 Å². The average molecular weight is 400 g/mol. The van der Waals surface area contributed by atoms with Gasteiger partial charge < -0.3 is 5.32 Å². The van der Waals surface area contributed by atoms with E-state index in [2.05, 4.69) is 32.7 Å². The zero-order valence-electron chi connectivity index (χ0n) is 11.9. The number of rotatable bonds is 5. The topological polar surface area (TPSA) is 15.3 Å². The number of piperazine rings is 1. The minimum Gasteiger partial charge on any atom is -0.314 e. The van der Waals surface area contributed by atoms with E-state index >= 15 is 0 Å². The molecule has 1 atom stereocenters. The first-order chi connectivity index (χ1) is 9.24. The summed E-state index contributed by atoms with van der Waals surface area (Å²) in [5.41, 5.74) is 1.05. The molecule has 1 fully saturated rings. The summed E-state index contributed by atoms with van der Waals surface area (Å²) in [6.07, 6.45) is 3.85. The maximum absolute atomic E-state index is 13.7. The molecule has 0 spiro atoms. The Kier molecular flexibility index (Phi) is 10.5. The van der Waals surface area contributed by atoms with Crippen molar-refractivity contribution in [1.82, 2.24) is 10.2 Å². The molecule has 2 rings (SSSR count). The lowest BCUT2D eigenvalue weighted by molar-refractivity contribution is 0.165. The van der Waals surface area contributed by atoms with Gasteiger partial charge in [-0.25, -0.2) is 4.39 Å². The summed E-state index contributed by atoms with van der Waals surface area (Å²) >= 11 is 3.40. The van der Waals surface area contributed by atoms with Crippen LogP contribution in [-0.4, -0.2) is 31.1 Å². The van der Waals surface area contributed by atoms with Crippen LogP contribution in [-0.2, 0) is 0 Å². The lowest BCUT2D eigenvalue weighted by Crippen LogP contribution is -2.45. The molecule has 0 unspecified atom stereocenters. The number of nitrogens with one attached hydrogen (secondary N) is 1. The molecule has 1 N–H and O–H groups in total. The molecule has 2 nitrogen and oxygen atoms in total. The van der Waals surface area contributed by atoms with Crippen molar-refractivity contribution in [3.8, 4) is 0 Å². The van der Waals surface area contributed by atoms with Gasteiger partial charge >= 0.3 is 0 Å². The van der Waals surface area contributed by atoms with Gasteiger partial charge in [0, 0.05) is 32.2 Å². The molecule has 0 bridgehead atoms. The van der Waals surface area contributed by atoms with Gasteiger partial charge in [-0.05, 0) is 40.4 Å². The minimum atomic E-state index is -0.184. The molecule has 120 valence electrons. The van der Waals surface area contributed by atoms with Crippen LogP contribution < -0.4 is 5.32 Å². The van der Waals surface area contributed by atoms with Gasteiger partial charge in [-0.3, -0.25) is 4.90 Å². The molecule has 1 aliphatic heterocycles. The monoisotopic (exact) mass is 398 g/mol. The van der Waals surface area contributed by atoms with Crippen LogP contribution in [0.2, 0.25) is 0 Å². The molecule has 1 heterocycles. The second-order valence-electron chi connectivity index (χ2n) is 4.81. The van der Waals surface area contributed by atoms with E-state index in [9.17, 15) is 4.39 Å². The third-order valence-corrected chi connectivity index (χ3v) is 4.41. The highest BCUT2D eigenvalue weighted by Crippen LogP contribution is 2.33. The first kappa shape index (κ1) is 20.9. The van der Waals surface area contributed by atoms with Crippen molar-refractivity contribution in [2.24, 2.45) is 0 Å². The van der Waals surface area contributed by atoms with Crippen LogP contribution in [0, 0.1) is 5.82 Å². The smallest absolute Gasteiger partial charge is 0.137 e. The molecule has 1 saturated heterocycles. The van der Waals surface area contributed by atoms with Crippen LogP contribution in [0.3, 0.4) is 0 Å². The van der Waals surface area contributed by atoms with Crippen molar-refractivity contribution in [3.05, 3.63) is 46.7 Å². The van der Waals surface area contributed by atoms with Gasteiger partial charge in [-0.1, -0.05) is 18.2 Å². The average Bonchev–Trinajstić information content (AvgIpc) is 2.45. The zero-order valence-corrected chi connectivity index (χ0v) is 15.1. The van der Waals surface area contributed by atoms with Crippen molar-refractivity contribution in [2.45, 2.75) is 18.9 Å². The molecule has 0 aromatic heterocycles. The Bertz CT molecular complexity index is 440. The van der Waals surface area contributed by atoms with Gasteiger partial charge in [0.15, 0.2) is 0 Å². The van der Waals surface area contributed by atoms with Crippen LogP contribution in [0.5, 0.6) is 0 Å². The number of allylic oxidation sites excluding steroid dienone is 1. The van der Waals surface area contributed by atoms with E-state index in [-0.39, 0.29) is 36.7 Å². The highest BCUT2D eigenvalue weighted by atomic mass is 79.9. The summed E-state index contributed by atoms with van der Waals surface area (Å²) < 4.78 is 14.3. The highest BCUT2D eigenvalue weighted by molar-refractivity contribution is 9.10. The van der Waals surface area contributed by atoms with Gasteiger partial charge in [0.25, 0.3) is 0 Å². The van der Waals surface area contributed by atoms with Crippen molar-refractivity contribution in [3.63, 3.8) is 0 Å². The van der Waals surface area contributed by atoms with E-state index in [4.69, 9.17) is 0 Å². The number of benzene rings is 1. The predicted molar refractivity (Wildman–Crippen MR) is 95.2 cm³/mol.